The molecule has 3 rings (SSSR count). The highest BCUT2D eigenvalue weighted by Crippen LogP contribution is 2.51. The van der Waals surface area contributed by atoms with Crippen LogP contribution in [0, 0.1) is 0 Å². The predicted octanol–water partition coefficient (Wildman–Crippen LogP) is 9.60. The minimum Gasteiger partial charge on any atom is -0.412 e. The molecule has 0 heterocycles. The van der Waals surface area contributed by atoms with E-state index in [2.05, 4.69) is 65.8 Å². The SMILES string of the molecule is CCCCc1ccc(CC)c(OP(=O)(Oc2c(CC)ccc(CCCC)c2CC)c2ccccc2)c1CC. The lowest BCUT2D eigenvalue weighted by atomic mass is 9.95. The first-order chi connectivity index (χ1) is 18.5. The third-order valence-electron chi connectivity index (χ3n) is 7.44. The monoisotopic (exact) mass is 534 g/mol. The van der Waals surface area contributed by atoms with Crippen LogP contribution in [0.5, 0.6) is 11.5 Å². The summed E-state index contributed by atoms with van der Waals surface area (Å²) in [6.45, 7) is 13.0. The second-order valence-electron chi connectivity index (χ2n) is 10.0. The first-order valence-electron chi connectivity index (χ1n) is 14.8. The summed E-state index contributed by atoms with van der Waals surface area (Å²) in [6, 6.07) is 18.3. The Bertz CT molecular complexity index is 1140. The van der Waals surface area contributed by atoms with E-state index in [0.717, 1.165) is 98.0 Å². The van der Waals surface area contributed by atoms with Crippen molar-refractivity contribution in [2.24, 2.45) is 0 Å². The molecule has 0 atom stereocenters. The van der Waals surface area contributed by atoms with E-state index >= 15 is 4.57 Å². The van der Waals surface area contributed by atoms with E-state index in [-0.39, 0.29) is 0 Å². The summed E-state index contributed by atoms with van der Waals surface area (Å²) in [6.07, 6.45) is 9.75. The fourth-order valence-corrected chi connectivity index (χ4v) is 6.89. The van der Waals surface area contributed by atoms with Gasteiger partial charge in [-0.25, -0.2) is 4.57 Å². The molecule has 0 bridgehead atoms. The Morgan fingerprint density at radius 2 is 0.974 bits per heavy atom. The second-order valence-corrected chi connectivity index (χ2v) is 11.9. The van der Waals surface area contributed by atoms with Crippen LogP contribution in [0.2, 0.25) is 0 Å². The van der Waals surface area contributed by atoms with Crippen molar-refractivity contribution in [1.82, 2.24) is 0 Å². The van der Waals surface area contributed by atoms with Gasteiger partial charge in [-0.05, 0) is 96.9 Å². The van der Waals surface area contributed by atoms with Crippen LogP contribution >= 0.6 is 7.60 Å². The van der Waals surface area contributed by atoms with Crippen molar-refractivity contribution in [1.29, 1.82) is 0 Å². The van der Waals surface area contributed by atoms with Crippen molar-refractivity contribution in [2.75, 3.05) is 0 Å². The van der Waals surface area contributed by atoms with E-state index in [4.69, 9.17) is 9.05 Å². The van der Waals surface area contributed by atoms with Crippen molar-refractivity contribution < 1.29 is 13.6 Å². The lowest BCUT2D eigenvalue weighted by molar-refractivity contribution is 0.392. The molecule has 0 aliphatic carbocycles. The zero-order valence-electron chi connectivity index (χ0n) is 24.4. The van der Waals surface area contributed by atoms with E-state index in [1.807, 2.05) is 30.3 Å². The van der Waals surface area contributed by atoms with Crippen LogP contribution in [0.15, 0.2) is 54.6 Å². The van der Waals surface area contributed by atoms with E-state index in [1.165, 1.54) is 11.1 Å². The van der Waals surface area contributed by atoms with Crippen LogP contribution < -0.4 is 14.4 Å². The zero-order valence-corrected chi connectivity index (χ0v) is 25.3. The molecule has 0 radical (unpaired) electrons. The zero-order chi connectivity index (χ0) is 27.5. The van der Waals surface area contributed by atoms with Gasteiger partial charge in [-0.2, -0.15) is 0 Å². The summed E-state index contributed by atoms with van der Waals surface area (Å²) < 4.78 is 28.5. The quantitative estimate of drug-likeness (QED) is 0.182. The summed E-state index contributed by atoms with van der Waals surface area (Å²) in [7, 11) is -3.77. The Hall–Kier alpha value is -2.51. The lowest BCUT2D eigenvalue weighted by Gasteiger charge is -2.27. The standard InChI is InChI=1S/C34H47O3P/c1-7-13-18-28-24-22-26(9-3)33(31(28)11-5)36-38(35,30-20-16-15-17-21-30)37-34-27(10-4)23-25-29(19-14-8-2)32(34)12-6/h15-17,20-25H,7-14,18-19H2,1-6H3. The molecule has 0 saturated carbocycles. The largest absolute Gasteiger partial charge is 0.462 e. The van der Waals surface area contributed by atoms with Gasteiger partial charge in [0, 0.05) is 0 Å². The Morgan fingerprint density at radius 1 is 0.553 bits per heavy atom. The number of hydrogen-bond donors (Lipinski definition) is 0. The summed E-state index contributed by atoms with van der Waals surface area (Å²) >= 11 is 0. The van der Waals surface area contributed by atoms with E-state index in [0.29, 0.717) is 5.30 Å². The summed E-state index contributed by atoms with van der Waals surface area (Å²) in [4.78, 5) is 0. The minimum atomic E-state index is -3.77. The molecule has 0 aliphatic rings. The topological polar surface area (TPSA) is 35.5 Å². The number of aryl methyl sites for hydroxylation is 4. The molecule has 0 N–H and O–H groups in total. The molecule has 4 heteroatoms. The van der Waals surface area contributed by atoms with Gasteiger partial charge in [-0.15, -0.1) is 0 Å². The maximum absolute atomic E-state index is 15.0. The van der Waals surface area contributed by atoms with Gasteiger partial charge in [0.2, 0.25) is 0 Å². The normalized spacial score (nSPS) is 11.5. The third-order valence-corrected chi connectivity index (χ3v) is 9.22. The fourth-order valence-electron chi connectivity index (χ4n) is 5.17. The van der Waals surface area contributed by atoms with Gasteiger partial charge < -0.3 is 9.05 Å². The molecule has 0 saturated heterocycles. The third kappa shape index (κ3) is 6.92. The van der Waals surface area contributed by atoms with E-state index in [1.54, 1.807) is 0 Å². The molecule has 206 valence electrons. The molecule has 0 amide bonds. The van der Waals surface area contributed by atoms with Crippen LogP contribution in [0.25, 0.3) is 0 Å². The van der Waals surface area contributed by atoms with Gasteiger partial charge in [0.25, 0.3) is 0 Å². The molecule has 0 unspecified atom stereocenters. The van der Waals surface area contributed by atoms with Crippen LogP contribution in [0.1, 0.15) is 101 Å². The predicted molar refractivity (Wildman–Crippen MR) is 163 cm³/mol. The van der Waals surface area contributed by atoms with Crippen LogP contribution in [-0.2, 0) is 43.1 Å². The van der Waals surface area contributed by atoms with Gasteiger partial charge in [0.05, 0.1) is 5.30 Å². The Kier molecular flexibility index (Phi) is 11.5. The molecule has 0 aliphatic heterocycles. The average Bonchev–Trinajstić information content (AvgIpc) is 2.95. The molecular formula is C34H47O3P. The maximum Gasteiger partial charge on any atom is 0.462 e. The highest BCUT2D eigenvalue weighted by Gasteiger charge is 2.35. The van der Waals surface area contributed by atoms with Crippen molar-refractivity contribution in [3.8, 4) is 11.5 Å². The number of benzene rings is 3. The Morgan fingerprint density at radius 3 is 1.34 bits per heavy atom. The van der Waals surface area contributed by atoms with Crippen LogP contribution in [0.3, 0.4) is 0 Å². The first-order valence-corrected chi connectivity index (χ1v) is 16.3. The summed E-state index contributed by atoms with van der Waals surface area (Å²) in [5.74, 6) is 1.49. The second kappa shape index (κ2) is 14.6. The van der Waals surface area contributed by atoms with Gasteiger partial charge >= 0.3 is 7.60 Å². The average molecular weight is 535 g/mol. The Balaban J connectivity index is 2.20. The van der Waals surface area contributed by atoms with Crippen LogP contribution in [-0.4, -0.2) is 0 Å². The molecule has 3 aromatic rings. The van der Waals surface area contributed by atoms with Gasteiger partial charge in [0.15, 0.2) is 0 Å². The Labute approximate surface area is 231 Å². The molecule has 38 heavy (non-hydrogen) atoms. The van der Waals surface area contributed by atoms with Crippen LogP contribution in [0.4, 0.5) is 0 Å². The van der Waals surface area contributed by atoms with Crippen molar-refractivity contribution >= 4 is 12.9 Å². The fraction of sp³-hybridized carbons (Fsp3) is 0.471. The van der Waals surface area contributed by atoms with Crippen molar-refractivity contribution in [3.63, 3.8) is 0 Å². The van der Waals surface area contributed by atoms with Crippen molar-refractivity contribution in [2.45, 2.75) is 106 Å². The minimum absolute atomic E-state index is 0.589. The smallest absolute Gasteiger partial charge is 0.412 e. The first kappa shape index (κ1) is 30.0. The lowest BCUT2D eigenvalue weighted by Crippen LogP contribution is -2.18. The maximum atomic E-state index is 15.0. The molecular weight excluding hydrogens is 487 g/mol. The van der Waals surface area contributed by atoms with E-state index < -0.39 is 7.60 Å². The van der Waals surface area contributed by atoms with E-state index in [9.17, 15) is 0 Å². The van der Waals surface area contributed by atoms with Crippen molar-refractivity contribution in [3.05, 3.63) is 88.0 Å². The molecule has 0 aromatic heterocycles. The summed E-state index contributed by atoms with van der Waals surface area (Å²) in [5.41, 5.74) is 7.02. The number of hydrogen-bond acceptors (Lipinski definition) is 3. The highest BCUT2D eigenvalue weighted by atomic mass is 31.2. The molecule has 0 spiro atoms. The van der Waals surface area contributed by atoms with Gasteiger partial charge in [0.1, 0.15) is 11.5 Å². The number of rotatable bonds is 15. The molecule has 3 nitrogen and oxygen atoms in total. The molecule has 0 fully saturated rings. The summed E-state index contributed by atoms with van der Waals surface area (Å²) in [5, 5.41) is 0.589. The van der Waals surface area contributed by atoms with Gasteiger partial charge in [-0.1, -0.05) is 96.8 Å². The highest BCUT2D eigenvalue weighted by molar-refractivity contribution is 7.63. The molecule has 3 aromatic carbocycles. The van der Waals surface area contributed by atoms with Gasteiger partial charge in [-0.3, -0.25) is 0 Å². The number of unbranched alkanes of at least 4 members (excludes halogenated alkanes) is 2.